The number of para-hydroxylation sites is 1. The van der Waals surface area contributed by atoms with Gasteiger partial charge in [-0.05, 0) is 18.6 Å². The zero-order chi connectivity index (χ0) is 14.0. The van der Waals surface area contributed by atoms with Crippen LogP contribution in [0.3, 0.4) is 0 Å². The molecule has 1 atom stereocenters. The highest BCUT2D eigenvalue weighted by Gasteiger charge is 2.38. The Bertz CT molecular complexity index is 499. The maximum Gasteiger partial charge on any atom is 0.252 e. The summed E-state index contributed by atoms with van der Waals surface area (Å²) in [7, 11) is 0. The predicted octanol–water partition coefficient (Wildman–Crippen LogP) is 2.94. The van der Waals surface area contributed by atoms with Crippen molar-refractivity contribution in [1.29, 1.82) is 0 Å². The molecule has 0 bridgehead atoms. The molecule has 1 heterocycles. The van der Waals surface area contributed by atoms with E-state index in [9.17, 15) is 9.59 Å². The zero-order valence-electron chi connectivity index (χ0n) is 10.5. The zero-order valence-corrected chi connectivity index (χ0v) is 12.0. The van der Waals surface area contributed by atoms with Crippen molar-refractivity contribution in [2.24, 2.45) is 0 Å². The van der Waals surface area contributed by atoms with Gasteiger partial charge in [-0.1, -0.05) is 36.2 Å². The second-order valence-electron chi connectivity index (χ2n) is 4.38. The summed E-state index contributed by atoms with van der Waals surface area (Å²) in [6, 6.07) is 4.50. The lowest BCUT2D eigenvalue weighted by Gasteiger charge is -2.16. The highest BCUT2D eigenvalue weighted by atomic mass is 35.5. The van der Waals surface area contributed by atoms with Crippen LogP contribution in [0.15, 0.2) is 18.2 Å². The topological polar surface area (TPSA) is 49.4 Å². The molecule has 19 heavy (non-hydrogen) atoms. The molecule has 1 aromatic carbocycles. The van der Waals surface area contributed by atoms with Crippen molar-refractivity contribution in [3.63, 3.8) is 0 Å². The molecule has 0 saturated carbocycles. The van der Waals surface area contributed by atoms with E-state index in [-0.39, 0.29) is 18.2 Å². The third kappa shape index (κ3) is 2.85. The summed E-state index contributed by atoms with van der Waals surface area (Å²) in [5.41, 5.74) is 0.496. The molecule has 1 aliphatic rings. The molecule has 1 saturated heterocycles. The molecule has 0 spiro atoms. The van der Waals surface area contributed by atoms with Crippen LogP contribution in [0.25, 0.3) is 0 Å². The number of imide groups is 1. The van der Waals surface area contributed by atoms with Crippen molar-refractivity contribution >= 4 is 40.7 Å². The van der Waals surface area contributed by atoms with Gasteiger partial charge in [0.1, 0.15) is 6.04 Å². The molecule has 2 rings (SSSR count). The van der Waals surface area contributed by atoms with Gasteiger partial charge in [-0.3, -0.25) is 14.5 Å². The van der Waals surface area contributed by atoms with Crippen molar-refractivity contribution in [3.05, 3.63) is 28.2 Å². The third-order valence-corrected chi connectivity index (χ3v) is 3.60. The maximum atomic E-state index is 12.1. The minimum absolute atomic E-state index is 0.139. The molecule has 1 N–H and O–H groups in total. The molecule has 1 aromatic rings. The van der Waals surface area contributed by atoms with E-state index in [1.807, 2.05) is 6.92 Å². The van der Waals surface area contributed by atoms with Crippen molar-refractivity contribution in [2.45, 2.75) is 25.8 Å². The summed E-state index contributed by atoms with van der Waals surface area (Å²) >= 11 is 12.1. The first kappa shape index (κ1) is 14.2. The summed E-state index contributed by atoms with van der Waals surface area (Å²) in [6.45, 7) is 2.37. The minimum Gasteiger partial charge on any atom is -0.371 e. The fourth-order valence-corrected chi connectivity index (χ4v) is 2.57. The number of likely N-dealkylation sites (tertiary alicyclic amines) is 1. The first-order chi connectivity index (χ1) is 9.04. The average molecular weight is 301 g/mol. The van der Waals surface area contributed by atoms with E-state index in [4.69, 9.17) is 23.2 Å². The van der Waals surface area contributed by atoms with Crippen molar-refractivity contribution in [2.75, 3.05) is 11.9 Å². The third-order valence-electron chi connectivity index (χ3n) is 2.97. The van der Waals surface area contributed by atoms with Crippen LogP contribution in [0.5, 0.6) is 0 Å². The lowest BCUT2D eigenvalue weighted by atomic mass is 10.2. The van der Waals surface area contributed by atoms with Gasteiger partial charge >= 0.3 is 0 Å². The average Bonchev–Trinajstić information content (AvgIpc) is 2.62. The number of carbonyl (C=O) groups is 2. The van der Waals surface area contributed by atoms with E-state index >= 15 is 0 Å². The van der Waals surface area contributed by atoms with Crippen LogP contribution in [0, 0.1) is 0 Å². The molecule has 0 aliphatic carbocycles. The first-order valence-corrected chi connectivity index (χ1v) is 6.85. The second-order valence-corrected chi connectivity index (χ2v) is 5.20. The summed E-state index contributed by atoms with van der Waals surface area (Å²) in [4.78, 5) is 25.1. The van der Waals surface area contributed by atoms with Gasteiger partial charge in [-0.15, -0.1) is 0 Å². The van der Waals surface area contributed by atoms with E-state index in [0.29, 0.717) is 22.3 Å². The van der Waals surface area contributed by atoms with Crippen LogP contribution in [-0.2, 0) is 9.59 Å². The van der Waals surface area contributed by atoms with E-state index in [1.54, 1.807) is 18.2 Å². The number of hydrogen-bond donors (Lipinski definition) is 1. The highest BCUT2D eigenvalue weighted by Crippen LogP contribution is 2.31. The largest absolute Gasteiger partial charge is 0.371 e. The van der Waals surface area contributed by atoms with E-state index in [2.05, 4.69) is 5.32 Å². The van der Waals surface area contributed by atoms with Crippen LogP contribution in [0.4, 0.5) is 5.69 Å². The molecular weight excluding hydrogens is 287 g/mol. The fourth-order valence-electron chi connectivity index (χ4n) is 2.06. The Morgan fingerprint density at radius 2 is 1.95 bits per heavy atom. The van der Waals surface area contributed by atoms with Gasteiger partial charge in [0, 0.05) is 6.54 Å². The summed E-state index contributed by atoms with van der Waals surface area (Å²) in [5.74, 6) is -0.379. The number of hydrogen-bond acceptors (Lipinski definition) is 3. The highest BCUT2D eigenvalue weighted by molar-refractivity contribution is 6.39. The Morgan fingerprint density at radius 3 is 2.53 bits per heavy atom. The molecule has 6 heteroatoms. The molecule has 4 nitrogen and oxygen atoms in total. The molecular formula is C13H14Cl2N2O2. The standard InChI is InChI=1S/C13H14Cl2N2O2/c1-2-6-17-11(18)7-10(13(17)19)16-12-8(14)4-3-5-9(12)15/h3-5,10,16H,2,6-7H2,1H3. The molecule has 1 fully saturated rings. The molecule has 0 radical (unpaired) electrons. The molecule has 0 aromatic heterocycles. The Morgan fingerprint density at radius 1 is 1.32 bits per heavy atom. The number of amides is 2. The SMILES string of the molecule is CCCN1C(=O)CC(Nc2c(Cl)cccc2Cl)C1=O. The van der Waals surface area contributed by atoms with E-state index in [1.165, 1.54) is 4.90 Å². The Labute approximate surface area is 121 Å². The number of nitrogens with one attached hydrogen (secondary N) is 1. The smallest absolute Gasteiger partial charge is 0.252 e. The number of benzene rings is 1. The molecule has 1 unspecified atom stereocenters. The monoisotopic (exact) mass is 300 g/mol. The molecule has 1 aliphatic heterocycles. The van der Waals surface area contributed by atoms with Crippen LogP contribution in [0.2, 0.25) is 10.0 Å². The summed E-state index contributed by atoms with van der Waals surface area (Å²) in [5, 5.41) is 3.83. The van der Waals surface area contributed by atoms with Gasteiger partial charge in [0.2, 0.25) is 5.91 Å². The van der Waals surface area contributed by atoms with Gasteiger partial charge in [-0.2, -0.15) is 0 Å². The maximum absolute atomic E-state index is 12.1. The Hall–Kier alpha value is -1.26. The Balaban J connectivity index is 2.17. The molecule has 102 valence electrons. The van der Waals surface area contributed by atoms with E-state index < -0.39 is 6.04 Å². The van der Waals surface area contributed by atoms with Crippen LogP contribution >= 0.6 is 23.2 Å². The second kappa shape index (κ2) is 5.80. The quantitative estimate of drug-likeness (QED) is 0.870. The number of halogens is 2. The van der Waals surface area contributed by atoms with Gasteiger partial charge in [0.25, 0.3) is 5.91 Å². The lowest BCUT2D eigenvalue weighted by molar-refractivity contribution is -0.138. The Kier molecular flexibility index (Phi) is 4.32. The predicted molar refractivity (Wildman–Crippen MR) is 75.5 cm³/mol. The van der Waals surface area contributed by atoms with Crippen LogP contribution in [-0.4, -0.2) is 29.3 Å². The first-order valence-electron chi connectivity index (χ1n) is 6.09. The number of nitrogens with zero attached hydrogens (tertiary/aromatic N) is 1. The lowest BCUT2D eigenvalue weighted by Crippen LogP contribution is -2.35. The van der Waals surface area contributed by atoms with E-state index in [0.717, 1.165) is 6.42 Å². The number of anilines is 1. The van der Waals surface area contributed by atoms with Gasteiger partial charge in [-0.25, -0.2) is 0 Å². The summed E-state index contributed by atoms with van der Waals surface area (Å²) in [6.07, 6.45) is 0.886. The fraction of sp³-hybridized carbons (Fsp3) is 0.385. The minimum atomic E-state index is -0.587. The normalized spacial score (nSPS) is 19.1. The van der Waals surface area contributed by atoms with Crippen LogP contribution < -0.4 is 5.32 Å². The van der Waals surface area contributed by atoms with Crippen molar-refractivity contribution in [3.8, 4) is 0 Å². The van der Waals surface area contributed by atoms with Crippen molar-refractivity contribution in [1.82, 2.24) is 4.90 Å². The van der Waals surface area contributed by atoms with Crippen molar-refractivity contribution < 1.29 is 9.59 Å². The number of rotatable bonds is 4. The van der Waals surface area contributed by atoms with Gasteiger partial charge in [0.15, 0.2) is 0 Å². The summed E-state index contributed by atoms with van der Waals surface area (Å²) < 4.78 is 0. The number of carbonyl (C=O) groups excluding carboxylic acids is 2. The van der Waals surface area contributed by atoms with Gasteiger partial charge in [0.05, 0.1) is 22.2 Å². The molecule has 2 amide bonds. The van der Waals surface area contributed by atoms with Gasteiger partial charge < -0.3 is 5.32 Å². The van der Waals surface area contributed by atoms with Crippen LogP contribution in [0.1, 0.15) is 19.8 Å².